The topological polar surface area (TPSA) is 75.6 Å². The second-order valence-electron chi connectivity index (χ2n) is 7.01. The number of carbonyl (C=O) groups excluding carboxylic acids is 1. The number of carbonyl (C=O) groups is 2. The fourth-order valence-electron chi connectivity index (χ4n) is 3.81. The third-order valence-electron chi connectivity index (χ3n) is 5.23. The normalized spacial score (nSPS) is 16.5. The van der Waals surface area contributed by atoms with Crippen molar-refractivity contribution in [2.24, 2.45) is 5.92 Å². The van der Waals surface area contributed by atoms with Crippen molar-refractivity contribution in [1.82, 2.24) is 5.32 Å². The first kappa shape index (κ1) is 16.6. The lowest BCUT2D eigenvalue weighted by Crippen LogP contribution is -2.38. The summed E-state index contributed by atoms with van der Waals surface area (Å²) in [6.07, 6.45) is 1.32. The van der Waals surface area contributed by atoms with Crippen LogP contribution in [-0.4, -0.2) is 29.8 Å². The molecule has 0 saturated heterocycles. The molecular formula is C21H21NO4. The SMILES string of the molecule is O=C(O)C[C@@H](NC(=O)OCC1c2ccccc2-c2ccccc21)C1CC1. The van der Waals surface area contributed by atoms with Crippen LogP contribution in [0.4, 0.5) is 4.79 Å². The Morgan fingerprint density at radius 1 is 1.04 bits per heavy atom. The molecule has 0 bridgehead atoms. The molecule has 26 heavy (non-hydrogen) atoms. The number of ether oxygens (including phenoxy) is 1. The average Bonchev–Trinajstić information content (AvgIpc) is 3.43. The van der Waals surface area contributed by atoms with Crippen molar-refractivity contribution < 1.29 is 19.4 Å². The zero-order chi connectivity index (χ0) is 18.1. The van der Waals surface area contributed by atoms with Crippen LogP contribution >= 0.6 is 0 Å². The van der Waals surface area contributed by atoms with Crippen LogP contribution in [0.5, 0.6) is 0 Å². The Bertz CT molecular complexity index is 798. The van der Waals surface area contributed by atoms with Crippen LogP contribution in [0.15, 0.2) is 48.5 Å². The predicted octanol–water partition coefficient (Wildman–Crippen LogP) is 3.78. The van der Waals surface area contributed by atoms with Gasteiger partial charge in [-0.15, -0.1) is 0 Å². The molecule has 2 aliphatic carbocycles. The van der Waals surface area contributed by atoms with Gasteiger partial charge in [0.2, 0.25) is 0 Å². The van der Waals surface area contributed by atoms with Crippen LogP contribution in [0, 0.1) is 5.92 Å². The zero-order valence-corrected chi connectivity index (χ0v) is 14.4. The zero-order valence-electron chi connectivity index (χ0n) is 14.4. The van der Waals surface area contributed by atoms with Crippen LogP contribution in [0.3, 0.4) is 0 Å². The Balaban J connectivity index is 1.44. The summed E-state index contributed by atoms with van der Waals surface area (Å²) in [6.45, 7) is 0.240. The van der Waals surface area contributed by atoms with Crippen molar-refractivity contribution in [3.05, 3.63) is 59.7 Å². The number of benzene rings is 2. The van der Waals surface area contributed by atoms with Crippen LogP contribution in [0.1, 0.15) is 36.3 Å². The van der Waals surface area contributed by atoms with E-state index in [2.05, 4.69) is 29.6 Å². The van der Waals surface area contributed by atoms with Crippen molar-refractivity contribution in [3.8, 4) is 11.1 Å². The molecule has 5 heteroatoms. The number of carboxylic acid groups (broad SMARTS) is 1. The lowest BCUT2D eigenvalue weighted by Gasteiger charge is -2.18. The third kappa shape index (κ3) is 3.29. The Kier molecular flexibility index (Phi) is 4.37. The summed E-state index contributed by atoms with van der Waals surface area (Å²) in [7, 11) is 0. The van der Waals surface area contributed by atoms with Gasteiger partial charge in [0.1, 0.15) is 6.61 Å². The van der Waals surface area contributed by atoms with E-state index in [-0.39, 0.29) is 30.9 Å². The van der Waals surface area contributed by atoms with Crippen LogP contribution in [0.25, 0.3) is 11.1 Å². The molecule has 1 atom stereocenters. The van der Waals surface area contributed by atoms with E-state index in [0.29, 0.717) is 0 Å². The van der Waals surface area contributed by atoms with E-state index in [4.69, 9.17) is 9.84 Å². The lowest BCUT2D eigenvalue weighted by atomic mass is 9.98. The summed E-state index contributed by atoms with van der Waals surface area (Å²) in [4.78, 5) is 23.2. The molecule has 5 nitrogen and oxygen atoms in total. The standard InChI is InChI=1S/C21H21NO4/c23-20(24)11-19(13-9-10-13)22-21(25)26-12-18-16-7-3-1-5-14(16)15-6-2-4-8-17(15)18/h1-8,13,18-19H,9-12H2,(H,22,25)(H,23,24)/t19-/m1/s1. The maximum absolute atomic E-state index is 12.2. The van der Waals surface area contributed by atoms with E-state index in [9.17, 15) is 9.59 Å². The second kappa shape index (κ2) is 6.83. The van der Waals surface area contributed by atoms with Gasteiger partial charge in [-0.05, 0) is 41.0 Å². The fraction of sp³-hybridized carbons (Fsp3) is 0.333. The average molecular weight is 351 g/mol. The number of alkyl carbamates (subject to hydrolysis) is 1. The van der Waals surface area contributed by atoms with Crippen molar-refractivity contribution in [2.75, 3.05) is 6.61 Å². The third-order valence-corrected chi connectivity index (χ3v) is 5.23. The highest BCUT2D eigenvalue weighted by Crippen LogP contribution is 2.44. The molecule has 2 aromatic rings. The van der Waals surface area contributed by atoms with Crippen LogP contribution in [0.2, 0.25) is 0 Å². The predicted molar refractivity (Wildman–Crippen MR) is 97.0 cm³/mol. The summed E-state index contributed by atoms with van der Waals surface area (Å²) in [5, 5.41) is 11.7. The highest BCUT2D eigenvalue weighted by atomic mass is 16.5. The van der Waals surface area contributed by atoms with Crippen molar-refractivity contribution in [2.45, 2.75) is 31.2 Å². The number of hydrogen-bond acceptors (Lipinski definition) is 3. The molecule has 1 fully saturated rings. The highest BCUT2D eigenvalue weighted by molar-refractivity contribution is 5.79. The van der Waals surface area contributed by atoms with E-state index >= 15 is 0 Å². The van der Waals surface area contributed by atoms with E-state index < -0.39 is 12.1 Å². The van der Waals surface area contributed by atoms with Gasteiger partial charge in [0.05, 0.1) is 6.42 Å². The molecule has 2 aliphatic rings. The summed E-state index contributed by atoms with van der Waals surface area (Å²) in [5.41, 5.74) is 4.68. The van der Waals surface area contributed by atoms with Gasteiger partial charge in [0.15, 0.2) is 0 Å². The number of fused-ring (bicyclic) bond motifs is 3. The van der Waals surface area contributed by atoms with Crippen molar-refractivity contribution >= 4 is 12.1 Å². The molecule has 0 spiro atoms. The smallest absolute Gasteiger partial charge is 0.407 e. The molecule has 0 aromatic heterocycles. The highest BCUT2D eigenvalue weighted by Gasteiger charge is 2.34. The van der Waals surface area contributed by atoms with Crippen LogP contribution < -0.4 is 5.32 Å². The summed E-state index contributed by atoms with van der Waals surface area (Å²) < 4.78 is 5.49. The van der Waals surface area contributed by atoms with E-state index in [1.54, 1.807) is 0 Å². The molecule has 1 amide bonds. The molecule has 0 radical (unpaired) electrons. The van der Waals surface area contributed by atoms with Gasteiger partial charge in [-0.1, -0.05) is 48.5 Å². The number of hydrogen-bond donors (Lipinski definition) is 2. The number of carboxylic acids is 1. The minimum atomic E-state index is -0.902. The van der Waals surface area contributed by atoms with Crippen molar-refractivity contribution in [3.63, 3.8) is 0 Å². The van der Waals surface area contributed by atoms with Gasteiger partial charge < -0.3 is 15.2 Å². The molecule has 134 valence electrons. The lowest BCUT2D eigenvalue weighted by molar-refractivity contribution is -0.137. The van der Waals surface area contributed by atoms with Gasteiger partial charge in [0.25, 0.3) is 0 Å². The van der Waals surface area contributed by atoms with E-state index in [0.717, 1.165) is 24.0 Å². The first-order chi connectivity index (χ1) is 12.6. The first-order valence-electron chi connectivity index (χ1n) is 8.97. The minimum Gasteiger partial charge on any atom is -0.481 e. The first-order valence-corrected chi connectivity index (χ1v) is 8.97. The maximum Gasteiger partial charge on any atom is 0.407 e. The molecule has 1 saturated carbocycles. The van der Waals surface area contributed by atoms with Crippen LogP contribution in [-0.2, 0) is 9.53 Å². The number of rotatable bonds is 6. The van der Waals surface area contributed by atoms with Gasteiger partial charge >= 0.3 is 12.1 Å². The molecule has 4 rings (SSSR count). The maximum atomic E-state index is 12.2. The molecule has 0 unspecified atom stereocenters. The molecular weight excluding hydrogens is 330 g/mol. The minimum absolute atomic E-state index is 0.00648. The van der Waals surface area contributed by atoms with Gasteiger partial charge in [-0.25, -0.2) is 4.79 Å². The molecule has 0 heterocycles. The summed E-state index contributed by atoms with van der Waals surface area (Å²) >= 11 is 0. The Hall–Kier alpha value is -2.82. The van der Waals surface area contributed by atoms with Gasteiger partial charge in [0, 0.05) is 12.0 Å². The molecule has 2 N–H and O–H groups in total. The second-order valence-corrected chi connectivity index (χ2v) is 7.01. The Morgan fingerprint density at radius 2 is 1.62 bits per heavy atom. The Labute approximate surface area is 152 Å². The molecule has 2 aromatic carbocycles. The number of nitrogens with one attached hydrogen (secondary N) is 1. The monoisotopic (exact) mass is 351 g/mol. The van der Waals surface area contributed by atoms with Gasteiger partial charge in [-0.2, -0.15) is 0 Å². The quantitative estimate of drug-likeness (QED) is 0.830. The molecule has 0 aliphatic heterocycles. The number of amides is 1. The summed E-state index contributed by atoms with van der Waals surface area (Å²) in [5.74, 6) is -0.639. The van der Waals surface area contributed by atoms with Crippen molar-refractivity contribution in [1.29, 1.82) is 0 Å². The largest absolute Gasteiger partial charge is 0.481 e. The van der Waals surface area contributed by atoms with E-state index in [1.165, 1.54) is 11.1 Å². The summed E-state index contributed by atoms with van der Waals surface area (Å²) in [6, 6.07) is 16.0. The van der Waals surface area contributed by atoms with E-state index in [1.807, 2.05) is 24.3 Å². The van der Waals surface area contributed by atoms with Gasteiger partial charge in [-0.3, -0.25) is 4.79 Å². The fourth-order valence-corrected chi connectivity index (χ4v) is 3.81. The Morgan fingerprint density at radius 3 is 2.15 bits per heavy atom. The number of aliphatic carboxylic acids is 1.